The summed E-state index contributed by atoms with van der Waals surface area (Å²) < 4.78 is 5.54. The highest BCUT2D eigenvalue weighted by molar-refractivity contribution is 5.69. The summed E-state index contributed by atoms with van der Waals surface area (Å²) in [6, 6.07) is 0. The maximum absolute atomic E-state index is 11.3. The normalized spacial score (nSPS) is 45.8. The van der Waals surface area contributed by atoms with E-state index < -0.39 is 0 Å². The monoisotopic (exact) mass is 206 g/mol. The Hall–Kier alpha value is -0.790. The second-order valence-corrected chi connectivity index (χ2v) is 5.18. The molecule has 0 aromatic heterocycles. The van der Waals surface area contributed by atoms with Crippen molar-refractivity contribution in [2.75, 3.05) is 0 Å². The van der Waals surface area contributed by atoms with E-state index in [4.69, 9.17) is 4.74 Å². The molecule has 0 amide bonds. The smallest absolute Gasteiger partial charge is 0.305 e. The van der Waals surface area contributed by atoms with Gasteiger partial charge in [0.1, 0.15) is 6.10 Å². The van der Waals surface area contributed by atoms with Crippen LogP contribution in [0, 0.1) is 23.7 Å². The first-order valence-corrected chi connectivity index (χ1v) is 6.15. The molecule has 3 aliphatic rings. The van der Waals surface area contributed by atoms with Gasteiger partial charge in [0.15, 0.2) is 0 Å². The molecule has 2 saturated carbocycles. The molecule has 0 unspecified atom stereocenters. The van der Waals surface area contributed by atoms with Gasteiger partial charge < -0.3 is 4.74 Å². The fourth-order valence-corrected chi connectivity index (χ4v) is 3.88. The van der Waals surface area contributed by atoms with E-state index in [1.165, 1.54) is 12.8 Å². The molecule has 2 heteroatoms. The molecule has 5 atom stereocenters. The minimum atomic E-state index is -0.0185. The van der Waals surface area contributed by atoms with E-state index in [-0.39, 0.29) is 12.1 Å². The third-order valence-electron chi connectivity index (χ3n) is 4.51. The number of ether oxygens (including phenoxy) is 1. The van der Waals surface area contributed by atoms with Gasteiger partial charge in [-0.05, 0) is 42.9 Å². The molecule has 0 saturated heterocycles. The highest BCUT2D eigenvalue weighted by Gasteiger charge is 2.53. The lowest BCUT2D eigenvalue weighted by Crippen LogP contribution is -2.32. The van der Waals surface area contributed by atoms with E-state index in [0.717, 1.165) is 24.2 Å². The quantitative estimate of drug-likeness (QED) is 0.512. The summed E-state index contributed by atoms with van der Waals surface area (Å²) in [4.78, 5) is 11.3. The molecule has 2 nitrogen and oxygen atoms in total. The third-order valence-corrected chi connectivity index (χ3v) is 4.51. The summed E-state index contributed by atoms with van der Waals surface area (Å²) in [6.07, 6.45) is 9.09. The minimum absolute atomic E-state index is 0.0185. The highest BCUT2D eigenvalue weighted by atomic mass is 16.5. The lowest BCUT2D eigenvalue weighted by atomic mass is 9.80. The van der Waals surface area contributed by atoms with Gasteiger partial charge in [-0.25, -0.2) is 0 Å². The Balaban J connectivity index is 1.69. The second kappa shape index (κ2) is 3.36. The summed E-state index contributed by atoms with van der Waals surface area (Å²) in [5.74, 6) is 3.04. The molecule has 0 spiro atoms. The minimum Gasteiger partial charge on any atom is -0.462 e. The molecule has 0 aliphatic heterocycles. The molecule has 0 N–H and O–H groups in total. The maximum Gasteiger partial charge on any atom is 0.305 e. The van der Waals surface area contributed by atoms with Gasteiger partial charge in [0, 0.05) is 6.42 Å². The van der Waals surface area contributed by atoms with Crippen LogP contribution in [0.25, 0.3) is 0 Å². The number of allylic oxidation sites excluding steroid dienone is 2. The van der Waals surface area contributed by atoms with Crippen molar-refractivity contribution in [2.45, 2.75) is 38.7 Å². The van der Waals surface area contributed by atoms with Crippen LogP contribution < -0.4 is 0 Å². The van der Waals surface area contributed by atoms with Gasteiger partial charge in [0.05, 0.1) is 0 Å². The Kier molecular flexibility index (Phi) is 2.11. The molecule has 3 rings (SSSR count). The second-order valence-electron chi connectivity index (χ2n) is 5.18. The van der Waals surface area contributed by atoms with Crippen molar-refractivity contribution in [3.63, 3.8) is 0 Å². The molecule has 0 heterocycles. The van der Waals surface area contributed by atoms with Crippen molar-refractivity contribution in [3.8, 4) is 0 Å². The Morgan fingerprint density at radius 1 is 1.40 bits per heavy atom. The molecule has 2 fully saturated rings. The van der Waals surface area contributed by atoms with Crippen LogP contribution in [0.2, 0.25) is 0 Å². The number of fused-ring (bicyclic) bond motifs is 5. The first-order valence-electron chi connectivity index (χ1n) is 6.15. The fraction of sp³-hybridized carbons (Fsp3) is 0.769. The van der Waals surface area contributed by atoms with Crippen molar-refractivity contribution in [2.24, 2.45) is 23.7 Å². The lowest BCUT2D eigenvalue weighted by Gasteiger charge is -2.30. The van der Waals surface area contributed by atoms with E-state index in [1.807, 2.05) is 6.92 Å². The zero-order valence-electron chi connectivity index (χ0n) is 9.19. The Morgan fingerprint density at radius 2 is 2.27 bits per heavy atom. The average molecular weight is 206 g/mol. The number of hydrogen-bond acceptors (Lipinski definition) is 2. The van der Waals surface area contributed by atoms with E-state index in [1.54, 1.807) is 0 Å². The Bertz CT molecular complexity index is 308. The molecule has 82 valence electrons. The van der Waals surface area contributed by atoms with E-state index in [0.29, 0.717) is 12.3 Å². The number of carbonyl (C=O) groups excluding carboxylic acids is 1. The fourth-order valence-electron chi connectivity index (χ4n) is 3.88. The summed E-state index contributed by atoms with van der Waals surface area (Å²) in [5, 5.41) is 0. The largest absolute Gasteiger partial charge is 0.462 e. The highest BCUT2D eigenvalue weighted by Crippen LogP contribution is 2.57. The van der Waals surface area contributed by atoms with Crippen LogP contribution in [0.1, 0.15) is 32.6 Å². The molecule has 15 heavy (non-hydrogen) atoms. The van der Waals surface area contributed by atoms with Crippen molar-refractivity contribution in [1.29, 1.82) is 0 Å². The Labute approximate surface area is 90.7 Å². The zero-order valence-corrected chi connectivity index (χ0v) is 9.19. The SMILES string of the molecule is CCC(=O)O[C@@H]1C[C@@H]2C[C@@H]1[C@H]1CC=C[C@H]21. The number of hydrogen-bond donors (Lipinski definition) is 0. The van der Waals surface area contributed by atoms with Gasteiger partial charge in [0.2, 0.25) is 0 Å². The molecule has 0 radical (unpaired) electrons. The standard InChI is InChI=1S/C13H18O2/c1-2-13(14)15-12-7-8-6-11(12)10-5-3-4-9(8)10/h3-4,8-12H,2,5-7H2,1H3/t8-,9+,10-,11+,12+/m0/s1. The van der Waals surface area contributed by atoms with Crippen LogP contribution in [-0.2, 0) is 9.53 Å². The molecule has 0 aromatic carbocycles. The van der Waals surface area contributed by atoms with Crippen LogP contribution in [-0.4, -0.2) is 12.1 Å². The Morgan fingerprint density at radius 3 is 3.07 bits per heavy atom. The maximum atomic E-state index is 11.3. The van der Waals surface area contributed by atoms with Gasteiger partial charge in [-0.15, -0.1) is 0 Å². The van der Waals surface area contributed by atoms with Gasteiger partial charge >= 0.3 is 5.97 Å². The van der Waals surface area contributed by atoms with Crippen LogP contribution in [0.15, 0.2) is 12.2 Å². The van der Waals surface area contributed by atoms with E-state index in [2.05, 4.69) is 12.2 Å². The summed E-state index contributed by atoms with van der Waals surface area (Å²) in [6.45, 7) is 1.87. The van der Waals surface area contributed by atoms with Crippen LogP contribution in [0.4, 0.5) is 0 Å². The van der Waals surface area contributed by atoms with Crippen molar-refractivity contribution in [3.05, 3.63) is 12.2 Å². The topological polar surface area (TPSA) is 26.3 Å². The van der Waals surface area contributed by atoms with Gasteiger partial charge in [-0.1, -0.05) is 19.1 Å². The molecule has 2 bridgehead atoms. The van der Waals surface area contributed by atoms with Crippen molar-refractivity contribution < 1.29 is 9.53 Å². The van der Waals surface area contributed by atoms with Gasteiger partial charge in [-0.3, -0.25) is 4.79 Å². The lowest BCUT2D eigenvalue weighted by molar-refractivity contribution is -0.152. The summed E-state index contributed by atoms with van der Waals surface area (Å²) in [7, 11) is 0. The van der Waals surface area contributed by atoms with Crippen LogP contribution >= 0.6 is 0 Å². The molecular weight excluding hydrogens is 188 g/mol. The first kappa shape index (κ1) is 9.44. The third kappa shape index (κ3) is 1.34. The molecule has 0 aromatic rings. The van der Waals surface area contributed by atoms with Crippen molar-refractivity contribution in [1.82, 2.24) is 0 Å². The predicted octanol–water partition coefficient (Wildman–Crippen LogP) is 2.54. The molecule has 3 aliphatic carbocycles. The number of rotatable bonds is 2. The van der Waals surface area contributed by atoms with Crippen LogP contribution in [0.3, 0.4) is 0 Å². The van der Waals surface area contributed by atoms with E-state index >= 15 is 0 Å². The number of esters is 1. The zero-order chi connectivity index (χ0) is 10.4. The molecular formula is C13H18O2. The van der Waals surface area contributed by atoms with Crippen molar-refractivity contribution >= 4 is 5.97 Å². The van der Waals surface area contributed by atoms with Gasteiger partial charge in [-0.2, -0.15) is 0 Å². The van der Waals surface area contributed by atoms with Crippen LogP contribution in [0.5, 0.6) is 0 Å². The summed E-state index contributed by atoms with van der Waals surface area (Å²) in [5.41, 5.74) is 0. The van der Waals surface area contributed by atoms with E-state index in [9.17, 15) is 4.79 Å². The predicted molar refractivity (Wildman–Crippen MR) is 57.1 cm³/mol. The average Bonchev–Trinajstić information content (AvgIpc) is 2.87. The van der Waals surface area contributed by atoms with Gasteiger partial charge in [0.25, 0.3) is 0 Å². The first-order chi connectivity index (χ1) is 7.29. The number of carbonyl (C=O) groups is 1. The summed E-state index contributed by atoms with van der Waals surface area (Å²) >= 11 is 0.